The van der Waals surface area contributed by atoms with Gasteiger partial charge in [-0.15, -0.1) is 0 Å². The summed E-state index contributed by atoms with van der Waals surface area (Å²) < 4.78 is 12.1. The molecule has 0 fully saturated rings. The predicted molar refractivity (Wildman–Crippen MR) is 34.9 cm³/mol. The van der Waals surface area contributed by atoms with Crippen LogP contribution in [0.3, 0.4) is 0 Å². The third-order valence-corrected chi connectivity index (χ3v) is 1.74. The Labute approximate surface area is 53.8 Å². The van der Waals surface area contributed by atoms with Crippen molar-refractivity contribution in [2.24, 2.45) is 7.05 Å². The van der Waals surface area contributed by atoms with E-state index < -0.39 is 8.03 Å². The zero-order chi connectivity index (χ0) is 6.85. The first-order valence-electron chi connectivity index (χ1n) is 2.48. The molecule has 1 rings (SSSR count). The molecule has 0 saturated heterocycles. The molecule has 1 aromatic heterocycles. The standard InChI is InChI=1S/C5H6NO2P/c1-6-3-2-5(4-6)9(7)8/h2-4H,1H3/p+1. The van der Waals surface area contributed by atoms with Crippen LogP contribution in [0.4, 0.5) is 0 Å². The molecule has 48 valence electrons. The lowest BCUT2D eigenvalue weighted by Crippen LogP contribution is -1.89. The summed E-state index contributed by atoms with van der Waals surface area (Å²) in [5.74, 6) is 0. The Morgan fingerprint density at radius 1 is 1.78 bits per heavy atom. The highest BCUT2D eigenvalue weighted by molar-refractivity contribution is 7.47. The minimum atomic E-state index is -2.15. The van der Waals surface area contributed by atoms with Crippen molar-refractivity contribution in [3.63, 3.8) is 0 Å². The Morgan fingerprint density at radius 2 is 2.44 bits per heavy atom. The summed E-state index contributed by atoms with van der Waals surface area (Å²) in [5.41, 5.74) is 0. The van der Waals surface area contributed by atoms with Gasteiger partial charge in [-0.25, -0.2) is 0 Å². The molecule has 0 aliphatic rings. The summed E-state index contributed by atoms with van der Waals surface area (Å²) in [6, 6.07) is 1.62. The van der Waals surface area contributed by atoms with Crippen LogP contribution in [0.2, 0.25) is 0 Å². The first-order chi connectivity index (χ1) is 4.20. The predicted octanol–water partition coefficient (Wildman–Crippen LogP) is 0.385. The quantitative estimate of drug-likeness (QED) is 0.579. The molecule has 1 atom stereocenters. The molecule has 3 nitrogen and oxygen atoms in total. The Balaban J connectivity index is 2.98. The lowest BCUT2D eigenvalue weighted by Gasteiger charge is -1.78. The molecule has 1 heterocycles. The van der Waals surface area contributed by atoms with Gasteiger partial charge in [0.25, 0.3) is 0 Å². The largest absolute Gasteiger partial charge is 0.547 e. The second-order valence-electron chi connectivity index (χ2n) is 1.81. The second-order valence-corrected chi connectivity index (χ2v) is 2.87. The molecule has 0 aromatic carbocycles. The van der Waals surface area contributed by atoms with Crippen molar-refractivity contribution >= 4 is 13.3 Å². The van der Waals surface area contributed by atoms with Gasteiger partial charge in [-0.1, -0.05) is 0 Å². The van der Waals surface area contributed by atoms with Crippen LogP contribution in [0.1, 0.15) is 0 Å². The van der Waals surface area contributed by atoms with Gasteiger partial charge < -0.3 is 4.57 Å². The molecule has 0 aliphatic heterocycles. The molecule has 0 spiro atoms. The van der Waals surface area contributed by atoms with Gasteiger partial charge in [-0.05, 0) is 4.57 Å². The van der Waals surface area contributed by atoms with Crippen molar-refractivity contribution in [2.45, 2.75) is 0 Å². The Kier molecular flexibility index (Phi) is 1.65. The summed E-state index contributed by atoms with van der Waals surface area (Å²) in [7, 11) is -0.338. The molecular weight excluding hydrogens is 137 g/mol. The smallest absolute Gasteiger partial charge is 0.353 e. The summed E-state index contributed by atoms with van der Waals surface area (Å²) >= 11 is 0. The number of hydrogen-bond donors (Lipinski definition) is 1. The van der Waals surface area contributed by atoms with Crippen molar-refractivity contribution in [3.05, 3.63) is 18.5 Å². The first-order valence-corrected chi connectivity index (χ1v) is 3.69. The van der Waals surface area contributed by atoms with E-state index in [1.54, 1.807) is 23.0 Å². The van der Waals surface area contributed by atoms with Crippen LogP contribution in [-0.2, 0) is 11.6 Å². The van der Waals surface area contributed by atoms with E-state index >= 15 is 0 Å². The summed E-state index contributed by atoms with van der Waals surface area (Å²) in [4.78, 5) is 8.53. The molecule has 4 heteroatoms. The van der Waals surface area contributed by atoms with Crippen LogP contribution in [-0.4, -0.2) is 9.46 Å². The third kappa shape index (κ3) is 1.37. The van der Waals surface area contributed by atoms with Crippen molar-refractivity contribution < 1.29 is 9.46 Å². The van der Waals surface area contributed by atoms with E-state index in [4.69, 9.17) is 4.89 Å². The minimum Gasteiger partial charge on any atom is -0.353 e. The normalized spacial score (nSPS) is 11.6. The van der Waals surface area contributed by atoms with Crippen LogP contribution < -0.4 is 5.30 Å². The number of nitrogens with zero attached hydrogens (tertiary/aromatic N) is 1. The Hall–Kier alpha value is -0.660. The van der Waals surface area contributed by atoms with Crippen LogP contribution in [0, 0.1) is 0 Å². The van der Waals surface area contributed by atoms with Gasteiger partial charge in [0.1, 0.15) is 0 Å². The topological polar surface area (TPSA) is 42.2 Å². The molecular formula is C5H7NO2P+. The van der Waals surface area contributed by atoms with Gasteiger partial charge in [0.15, 0.2) is 0 Å². The zero-order valence-electron chi connectivity index (χ0n) is 4.98. The van der Waals surface area contributed by atoms with Crippen molar-refractivity contribution in [3.8, 4) is 0 Å². The maximum atomic E-state index is 10.3. The van der Waals surface area contributed by atoms with Gasteiger partial charge >= 0.3 is 8.03 Å². The van der Waals surface area contributed by atoms with Crippen molar-refractivity contribution in [1.82, 2.24) is 4.57 Å². The molecule has 1 N–H and O–H groups in total. The lowest BCUT2D eigenvalue weighted by molar-refractivity contribution is 0.513. The van der Waals surface area contributed by atoms with Gasteiger partial charge in [0.05, 0.1) is 6.20 Å². The third-order valence-electron chi connectivity index (χ3n) is 1.04. The lowest BCUT2D eigenvalue weighted by atomic mass is 10.7. The maximum absolute atomic E-state index is 10.3. The molecule has 1 unspecified atom stereocenters. The fraction of sp³-hybridized carbons (Fsp3) is 0.200. The van der Waals surface area contributed by atoms with E-state index in [0.717, 1.165) is 0 Å². The SMILES string of the molecule is Cn1ccc([P+](=O)O)c1. The minimum absolute atomic E-state index is 0.479. The van der Waals surface area contributed by atoms with Crippen LogP contribution >= 0.6 is 8.03 Å². The van der Waals surface area contributed by atoms with Crippen LogP contribution in [0.5, 0.6) is 0 Å². The maximum Gasteiger partial charge on any atom is 0.547 e. The van der Waals surface area contributed by atoms with E-state index in [2.05, 4.69) is 0 Å². The fourth-order valence-electron chi connectivity index (χ4n) is 0.602. The van der Waals surface area contributed by atoms with E-state index in [1.165, 1.54) is 0 Å². The number of hydrogen-bond acceptors (Lipinski definition) is 1. The molecule has 0 aliphatic carbocycles. The fourth-order valence-corrected chi connectivity index (χ4v) is 1.08. The molecule has 1 aromatic rings. The van der Waals surface area contributed by atoms with Crippen molar-refractivity contribution in [1.29, 1.82) is 0 Å². The second kappa shape index (κ2) is 2.29. The van der Waals surface area contributed by atoms with Gasteiger partial charge in [-0.2, -0.15) is 4.89 Å². The highest BCUT2D eigenvalue weighted by Gasteiger charge is 2.15. The molecule has 0 radical (unpaired) electrons. The average molecular weight is 144 g/mol. The van der Waals surface area contributed by atoms with Crippen LogP contribution in [0.15, 0.2) is 18.5 Å². The highest BCUT2D eigenvalue weighted by atomic mass is 31.1. The highest BCUT2D eigenvalue weighted by Crippen LogP contribution is 2.11. The summed E-state index contributed by atoms with van der Waals surface area (Å²) in [6.45, 7) is 0. The Bertz CT molecular complexity index is 231. The molecule has 0 saturated carbocycles. The van der Waals surface area contributed by atoms with E-state index in [1.807, 2.05) is 7.05 Å². The van der Waals surface area contributed by atoms with Crippen LogP contribution in [0.25, 0.3) is 0 Å². The van der Waals surface area contributed by atoms with Crippen molar-refractivity contribution in [2.75, 3.05) is 0 Å². The van der Waals surface area contributed by atoms with E-state index in [0.29, 0.717) is 5.30 Å². The zero-order valence-corrected chi connectivity index (χ0v) is 5.88. The number of aryl methyl sites for hydroxylation is 1. The van der Waals surface area contributed by atoms with Gasteiger partial charge in [-0.3, -0.25) is 0 Å². The van der Waals surface area contributed by atoms with Gasteiger partial charge in [0.2, 0.25) is 5.30 Å². The molecule has 0 bridgehead atoms. The number of rotatable bonds is 1. The first kappa shape index (κ1) is 6.46. The Morgan fingerprint density at radius 3 is 2.67 bits per heavy atom. The van der Waals surface area contributed by atoms with E-state index in [-0.39, 0.29) is 0 Å². The van der Waals surface area contributed by atoms with E-state index in [9.17, 15) is 4.57 Å². The summed E-state index contributed by atoms with van der Waals surface area (Å²) in [5, 5.41) is 0.479. The molecule has 0 amide bonds. The monoisotopic (exact) mass is 144 g/mol. The average Bonchev–Trinajstić information content (AvgIpc) is 2.14. The summed E-state index contributed by atoms with van der Waals surface area (Å²) in [6.07, 6.45) is 3.36. The molecule has 9 heavy (non-hydrogen) atoms. The van der Waals surface area contributed by atoms with Gasteiger partial charge in [0, 0.05) is 19.3 Å². The number of aromatic nitrogens is 1.